The quantitative estimate of drug-likeness (QED) is 0.510. The number of pyridine rings is 1. The van der Waals surface area contributed by atoms with Crippen LogP contribution in [0.3, 0.4) is 0 Å². The van der Waals surface area contributed by atoms with Crippen molar-refractivity contribution in [3.8, 4) is 11.4 Å². The first-order chi connectivity index (χ1) is 16.8. The van der Waals surface area contributed by atoms with Crippen molar-refractivity contribution in [2.24, 2.45) is 0 Å². The van der Waals surface area contributed by atoms with Gasteiger partial charge in [-0.3, -0.25) is 9.59 Å². The van der Waals surface area contributed by atoms with E-state index in [0.717, 1.165) is 47.6 Å². The molecule has 186 valence electrons. The van der Waals surface area contributed by atoms with Gasteiger partial charge in [0.15, 0.2) is 5.82 Å². The van der Waals surface area contributed by atoms with Crippen LogP contribution in [0, 0.1) is 0 Å². The summed E-state index contributed by atoms with van der Waals surface area (Å²) in [6.45, 7) is 4.70. The lowest BCUT2D eigenvalue weighted by atomic mass is 10.2. The number of fused-ring (bicyclic) bond motifs is 1. The van der Waals surface area contributed by atoms with Crippen LogP contribution in [0.15, 0.2) is 52.3 Å². The Kier molecular flexibility index (Phi) is 7.46. The predicted molar refractivity (Wildman–Crippen MR) is 132 cm³/mol. The summed E-state index contributed by atoms with van der Waals surface area (Å²) in [5, 5.41) is 11.4. The number of carbonyl (C=O) groups excluding carboxylic acids is 1. The third kappa shape index (κ3) is 5.35. The van der Waals surface area contributed by atoms with Gasteiger partial charge < -0.3 is 14.5 Å². The third-order valence-corrected chi connectivity index (χ3v) is 8.18. The number of amides is 1. The van der Waals surface area contributed by atoms with Crippen molar-refractivity contribution in [2.45, 2.75) is 57.5 Å². The molecule has 0 saturated carbocycles. The highest BCUT2D eigenvalue weighted by Crippen LogP contribution is 2.24. The lowest BCUT2D eigenvalue weighted by molar-refractivity contribution is -0.116. The summed E-state index contributed by atoms with van der Waals surface area (Å²) >= 11 is 0. The first kappa shape index (κ1) is 24.8. The van der Waals surface area contributed by atoms with Gasteiger partial charge in [0.2, 0.25) is 15.9 Å². The number of hydrogen-bond donors (Lipinski definition) is 1. The van der Waals surface area contributed by atoms with Crippen molar-refractivity contribution in [3.63, 3.8) is 0 Å². The summed E-state index contributed by atoms with van der Waals surface area (Å²) in [4.78, 5) is 24.9. The van der Waals surface area contributed by atoms with E-state index in [-0.39, 0.29) is 11.4 Å². The number of nitrogens with zero attached hydrogens (tertiary/aromatic N) is 5. The minimum absolute atomic E-state index is 0.0228. The van der Waals surface area contributed by atoms with E-state index in [9.17, 15) is 18.0 Å². The number of hydrogen-bond acceptors (Lipinski definition) is 6. The van der Waals surface area contributed by atoms with E-state index >= 15 is 0 Å². The van der Waals surface area contributed by atoms with Crippen molar-refractivity contribution < 1.29 is 13.2 Å². The molecule has 0 spiro atoms. The number of aromatic nitrogens is 4. The molecule has 1 aliphatic rings. The highest BCUT2D eigenvalue weighted by Gasteiger charge is 2.22. The molecule has 0 radical (unpaired) electrons. The van der Waals surface area contributed by atoms with E-state index in [2.05, 4.69) is 20.1 Å². The fourth-order valence-corrected chi connectivity index (χ4v) is 5.73. The van der Waals surface area contributed by atoms with Crippen LogP contribution in [0.5, 0.6) is 0 Å². The molecule has 1 amide bonds. The second-order valence-corrected chi connectivity index (χ2v) is 10.4. The number of aryl methyl sites for hydroxylation is 1. The minimum atomic E-state index is -3.74. The SMILES string of the molecule is CCN(CC)S(=O)(=O)c1ccc(=O)n(CC(=O)Nc2ccc(-c3nnc4n3CCCCC4)cc2)c1. The van der Waals surface area contributed by atoms with Crippen molar-refractivity contribution in [3.05, 3.63) is 58.8 Å². The highest BCUT2D eigenvalue weighted by atomic mass is 32.2. The Balaban J connectivity index is 1.47. The second-order valence-electron chi connectivity index (χ2n) is 8.45. The molecule has 1 aromatic carbocycles. The smallest absolute Gasteiger partial charge is 0.251 e. The number of sulfonamides is 1. The van der Waals surface area contributed by atoms with Crippen LogP contribution < -0.4 is 10.9 Å². The monoisotopic (exact) mass is 498 g/mol. The van der Waals surface area contributed by atoms with E-state index in [1.54, 1.807) is 26.0 Å². The summed E-state index contributed by atoms with van der Waals surface area (Å²) in [6, 6.07) is 9.74. The Morgan fingerprint density at radius 3 is 2.49 bits per heavy atom. The number of rotatable bonds is 8. The topological polar surface area (TPSA) is 119 Å². The number of anilines is 1. The molecule has 0 unspecified atom stereocenters. The molecule has 0 bridgehead atoms. The molecule has 0 fully saturated rings. The summed E-state index contributed by atoms with van der Waals surface area (Å²) < 4.78 is 30.1. The molecule has 3 heterocycles. The van der Waals surface area contributed by atoms with Crippen molar-refractivity contribution in [1.29, 1.82) is 0 Å². The van der Waals surface area contributed by atoms with Crippen LogP contribution in [0.4, 0.5) is 5.69 Å². The first-order valence-electron chi connectivity index (χ1n) is 11.9. The van der Waals surface area contributed by atoms with Gasteiger partial charge in [-0.15, -0.1) is 10.2 Å². The van der Waals surface area contributed by atoms with Gasteiger partial charge in [0.05, 0.1) is 4.90 Å². The van der Waals surface area contributed by atoms with Crippen LogP contribution >= 0.6 is 0 Å². The van der Waals surface area contributed by atoms with Crippen LogP contribution in [0.25, 0.3) is 11.4 Å². The average molecular weight is 499 g/mol. The third-order valence-electron chi connectivity index (χ3n) is 6.15. The zero-order valence-corrected chi connectivity index (χ0v) is 20.8. The first-order valence-corrected chi connectivity index (χ1v) is 13.3. The van der Waals surface area contributed by atoms with Crippen molar-refractivity contribution in [2.75, 3.05) is 18.4 Å². The lowest BCUT2D eigenvalue weighted by Crippen LogP contribution is -2.33. The molecule has 1 N–H and O–H groups in total. The normalized spacial score (nSPS) is 13.9. The zero-order chi connectivity index (χ0) is 25.0. The largest absolute Gasteiger partial charge is 0.325 e. The van der Waals surface area contributed by atoms with Gasteiger partial charge in [-0.05, 0) is 43.2 Å². The maximum absolute atomic E-state index is 12.8. The molecule has 4 rings (SSSR count). The molecule has 1 aliphatic heterocycles. The number of benzene rings is 1. The van der Waals surface area contributed by atoms with Gasteiger partial charge in [0.25, 0.3) is 5.56 Å². The Morgan fingerprint density at radius 2 is 1.77 bits per heavy atom. The van der Waals surface area contributed by atoms with Crippen LogP contribution in [0.2, 0.25) is 0 Å². The Bertz CT molecular complexity index is 1360. The standard InChI is InChI=1S/C24H30N6O4S/c1-3-29(4-2)35(33,34)20-13-14-23(32)28(16-20)17-22(31)25-19-11-9-18(10-12-19)24-27-26-21-8-6-5-7-15-30(21)24/h9-14,16H,3-8,15,17H2,1-2H3,(H,25,31). The molecular weight excluding hydrogens is 468 g/mol. The maximum Gasteiger partial charge on any atom is 0.251 e. The molecule has 2 aromatic heterocycles. The Labute approximate surface area is 204 Å². The highest BCUT2D eigenvalue weighted by molar-refractivity contribution is 7.89. The Hall–Kier alpha value is -3.31. The van der Waals surface area contributed by atoms with Crippen LogP contribution in [-0.4, -0.2) is 51.1 Å². The minimum Gasteiger partial charge on any atom is -0.325 e. The van der Waals surface area contributed by atoms with Crippen molar-refractivity contribution in [1.82, 2.24) is 23.6 Å². The van der Waals surface area contributed by atoms with Crippen LogP contribution in [-0.2, 0) is 34.3 Å². The summed E-state index contributed by atoms with van der Waals surface area (Å²) in [5.74, 6) is 1.39. The second kappa shape index (κ2) is 10.5. The van der Waals surface area contributed by atoms with Gasteiger partial charge in [-0.25, -0.2) is 8.42 Å². The molecule has 3 aromatic rings. The van der Waals surface area contributed by atoms with E-state index in [1.165, 1.54) is 29.1 Å². The van der Waals surface area contributed by atoms with Crippen molar-refractivity contribution >= 4 is 21.6 Å². The Morgan fingerprint density at radius 1 is 1.03 bits per heavy atom. The molecular formula is C24H30N6O4S. The molecule has 35 heavy (non-hydrogen) atoms. The maximum atomic E-state index is 12.8. The van der Waals surface area contributed by atoms with E-state index in [1.807, 2.05) is 12.1 Å². The molecule has 0 atom stereocenters. The zero-order valence-electron chi connectivity index (χ0n) is 20.0. The summed E-state index contributed by atoms with van der Waals surface area (Å²) in [6.07, 6.45) is 5.55. The summed E-state index contributed by atoms with van der Waals surface area (Å²) in [5.41, 5.74) is 1.02. The number of nitrogens with one attached hydrogen (secondary N) is 1. The van der Waals surface area contributed by atoms with Gasteiger partial charge in [-0.1, -0.05) is 20.3 Å². The van der Waals surface area contributed by atoms with E-state index in [0.29, 0.717) is 18.8 Å². The van der Waals surface area contributed by atoms with E-state index < -0.39 is 21.5 Å². The average Bonchev–Trinajstić information content (AvgIpc) is 3.09. The van der Waals surface area contributed by atoms with Gasteiger partial charge in [0, 0.05) is 49.6 Å². The lowest BCUT2D eigenvalue weighted by Gasteiger charge is -2.19. The molecule has 10 nitrogen and oxygen atoms in total. The fraction of sp³-hybridized carbons (Fsp3) is 0.417. The van der Waals surface area contributed by atoms with Gasteiger partial charge >= 0.3 is 0 Å². The van der Waals surface area contributed by atoms with E-state index in [4.69, 9.17) is 0 Å². The van der Waals surface area contributed by atoms with Gasteiger partial charge in [-0.2, -0.15) is 4.31 Å². The summed E-state index contributed by atoms with van der Waals surface area (Å²) in [7, 11) is -3.74. The van der Waals surface area contributed by atoms with Gasteiger partial charge in [0.1, 0.15) is 12.4 Å². The number of carbonyl (C=O) groups is 1. The molecule has 11 heteroatoms. The molecule has 0 aliphatic carbocycles. The fourth-order valence-electron chi connectivity index (χ4n) is 4.25. The molecule has 0 saturated heterocycles. The predicted octanol–water partition coefficient (Wildman–Crippen LogP) is 2.50. The van der Waals surface area contributed by atoms with Crippen LogP contribution in [0.1, 0.15) is 38.9 Å².